The predicted octanol–water partition coefficient (Wildman–Crippen LogP) is 3.38. The molecule has 1 amide bonds. The van der Waals surface area contributed by atoms with Crippen LogP contribution in [0, 0.1) is 6.92 Å². The SMILES string of the molecule is Cc1nn(CCCNC(=O)c2ccc(OC(F)F)cc2)cc1Br. The lowest BCUT2D eigenvalue weighted by molar-refractivity contribution is -0.0498. The molecule has 1 aromatic carbocycles. The molecule has 0 saturated carbocycles. The summed E-state index contributed by atoms with van der Waals surface area (Å²) in [7, 11) is 0. The standard InChI is InChI=1S/C15H16BrF2N3O2/c1-10-13(16)9-21(20-10)8-2-7-19-14(22)11-3-5-12(6-4-11)23-15(17)18/h3-6,9,15H,2,7-8H2,1H3,(H,19,22). The molecular formula is C15H16BrF2N3O2. The number of carbonyl (C=O) groups excluding carboxylic acids is 1. The van der Waals surface area contributed by atoms with Crippen molar-refractivity contribution in [2.45, 2.75) is 26.5 Å². The number of aromatic nitrogens is 2. The van der Waals surface area contributed by atoms with Crippen molar-refractivity contribution in [1.82, 2.24) is 15.1 Å². The zero-order valence-electron chi connectivity index (χ0n) is 12.4. The zero-order chi connectivity index (χ0) is 16.8. The molecule has 0 spiro atoms. The van der Waals surface area contributed by atoms with Gasteiger partial charge in [-0.05, 0) is 53.5 Å². The highest BCUT2D eigenvalue weighted by molar-refractivity contribution is 9.10. The van der Waals surface area contributed by atoms with Crippen LogP contribution in [0.25, 0.3) is 0 Å². The summed E-state index contributed by atoms with van der Waals surface area (Å²) in [6.45, 7) is 0.211. The van der Waals surface area contributed by atoms with Crippen LogP contribution in [0.5, 0.6) is 5.75 Å². The smallest absolute Gasteiger partial charge is 0.387 e. The van der Waals surface area contributed by atoms with Gasteiger partial charge in [0.05, 0.1) is 10.2 Å². The zero-order valence-corrected chi connectivity index (χ0v) is 14.0. The van der Waals surface area contributed by atoms with Crippen molar-refractivity contribution in [3.63, 3.8) is 0 Å². The van der Waals surface area contributed by atoms with E-state index in [-0.39, 0.29) is 11.7 Å². The van der Waals surface area contributed by atoms with E-state index in [1.54, 1.807) is 0 Å². The fraction of sp³-hybridized carbons (Fsp3) is 0.333. The van der Waals surface area contributed by atoms with Crippen LogP contribution in [0.2, 0.25) is 0 Å². The van der Waals surface area contributed by atoms with E-state index < -0.39 is 6.61 Å². The van der Waals surface area contributed by atoms with Gasteiger partial charge in [-0.2, -0.15) is 13.9 Å². The summed E-state index contributed by atoms with van der Waals surface area (Å²) in [6.07, 6.45) is 2.62. The first-order valence-corrected chi connectivity index (χ1v) is 7.77. The predicted molar refractivity (Wildman–Crippen MR) is 84.7 cm³/mol. The van der Waals surface area contributed by atoms with Crippen LogP contribution in [-0.4, -0.2) is 28.8 Å². The summed E-state index contributed by atoms with van der Waals surface area (Å²) in [4.78, 5) is 11.9. The maximum absolute atomic E-state index is 12.0. The number of amides is 1. The quantitative estimate of drug-likeness (QED) is 0.740. The van der Waals surface area contributed by atoms with Gasteiger partial charge in [-0.1, -0.05) is 0 Å². The highest BCUT2D eigenvalue weighted by Gasteiger charge is 2.08. The first-order valence-electron chi connectivity index (χ1n) is 6.98. The van der Waals surface area contributed by atoms with Gasteiger partial charge in [0, 0.05) is 24.8 Å². The third-order valence-electron chi connectivity index (χ3n) is 3.08. The van der Waals surface area contributed by atoms with Crippen molar-refractivity contribution >= 4 is 21.8 Å². The Morgan fingerprint density at radius 1 is 1.39 bits per heavy atom. The Kier molecular flexibility index (Phi) is 6.09. The maximum Gasteiger partial charge on any atom is 0.387 e. The van der Waals surface area contributed by atoms with Crippen LogP contribution in [0.3, 0.4) is 0 Å². The number of hydrogen-bond acceptors (Lipinski definition) is 3. The topological polar surface area (TPSA) is 56.2 Å². The van der Waals surface area contributed by atoms with Crippen LogP contribution in [-0.2, 0) is 6.54 Å². The van der Waals surface area contributed by atoms with E-state index in [0.717, 1.165) is 16.6 Å². The molecule has 0 aliphatic heterocycles. The Hall–Kier alpha value is -1.96. The molecule has 1 N–H and O–H groups in total. The second kappa shape index (κ2) is 8.05. The first kappa shape index (κ1) is 17.4. The minimum absolute atomic E-state index is 0.0242. The molecule has 2 aromatic rings. The van der Waals surface area contributed by atoms with E-state index >= 15 is 0 Å². The Morgan fingerprint density at radius 3 is 2.65 bits per heavy atom. The normalized spacial score (nSPS) is 10.8. The van der Waals surface area contributed by atoms with Crippen molar-refractivity contribution in [3.05, 3.63) is 46.2 Å². The fourth-order valence-corrected chi connectivity index (χ4v) is 2.26. The van der Waals surface area contributed by atoms with Crippen LogP contribution in [0.4, 0.5) is 8.78 Å². The lowest BCUT2D eigenvalue weighted by Gasteiger charge is -2.07. The number of aryl methyl sites for hydroxylation is 2. The largest absolute Gasteiger partial charge is 0.435 e. The highest BCUT2D eigenvalue weighted by Crippen LogP contribution is 2.15. The summed E-state index contributed by atoms with van der Waals surface area (Å²) >= 11 is 3.39. The van der Waals surface area contributed by atoms with Crippen LogP contribution in [0.1, 0.15) is 22.5 Å². The van der Waals surface area contributed by atoms with Crippen LogP contribution < -0.4 is 10.1 Å². The third kappa shape index (κ3) is 5.31. The highest BCUT2D eigenvalue weighted by atomic mass is 79.9. The van der Waals surface area contributed by atoms with Gasteiger partial charge < -0.3 is 10.1 Å². The monoisotopic (exact) mass is 387 g/mol. The Bertz CT molecular complexity index is 640. The summed E-state index contributed by atoms with van der Waals surface area (Å²) in [5, 5.41) is 7.07. The van der Waals surface area contributed by atoms with Gasteiger partial charge in [0.2, 0.25) is 0 Å². The number of benzene rings is 1. The summed E-state index contributed by atoms with van der Waals surface area (Å²) < 4.78 is 31.1. The van der Waals surface area contributed by atoms with Gasteiger partial charge in [-0.25, -0.2) is 0 Å². The average molecular weight is 388 g/mol. The number of rotatable bonds is 7. The van der Waals surface area contributed by atoms with Crippen molar-refractivity contribution in [3.8, 4) is 5.75 Å². The molecular weight excluding hydrogens is 372 g/mol. The Labute approximate surface area is 140 Å². The van der Waals surface area contributed by atoms with E-state index in [2.05, 4.69) is 31.1 Å². The van der Waals surface area contributed by atoms with Crippen molar-refractivity contribution in [2.75, 3.05) is 6.54 Å². The minimum atomic E-state index is -2.87. The second-order valence-electron chi connectivity index (χ2n) is 4.84. The molecule has 0 atom stereocenters. The molecule has 5 nitrogen and oxygen atoms in total. The second-order valence-corrected chi connectivity index (χ2v) is 5.69. The maximum atomic E-state index is 12.0. The van der Waals surface area contributed by atoms with E-state index in [1.807, 2.05) is 17.8 Å². The Balaban J connectivity index is 1.76. The molecule has 1 heterocycles. The van der Waals surface area contributed by atoms with Gasteiger partial charge in [0.1, 0.15) is 5.75 Å². The molecule has 23 heavy (non-hydrogen) atoms. The number of nitrogens with one attached hydrogen (secondary N) is 1. The lowest BCUT2D eigenvalue weighted by Crippen LogP contribution is -2.25. The first-order chi connectivity index (χ1) is 11.0. The molecule has 0 aliphatic carbocycles. The average Bonchev–Trinajstić information content (AvgIpc) is 2.82. The molecule has 0 radical (unpaired) electrons. The van der Waals surface area contributed by atoms with Crippen molar-refractivity contribution in [1.29, 1.82) is 0 Å². The Morgan fingerprint density at radius 2 is 2.09 bits per heavy atom. The van der Waals surface area contributed by atoms with E-state index in [9.17, 15) is 13.6 Å². The molecule has 0 bridgehead atoms. The third-order valence-corrected chi connectivity index (χ3v) is 3.86. The van der Waals surface area contributed by atoms with Gasteiger partial charge in [0.15, 0.2) is 0 Å². The van der Waals surface area contributed by atoms with Gasteiger partial charge in [-0.3, -0.25) is 9.48 Å². The van der Waals surface area contributed by atoms with E-state index in [1.165, 1.54) is 24.3 Å². The van der Waals surface area contributed by atoms with E-state index in [4.69, 9.17) is 0 Å². The van der Waals surface area contributed by atoms with Gasteiger partial charge >= 0.3 is 6.61 Å². The van der Waals surface area contributed by atoms with Gasteiger partial charge in [-0.15, -0.1) is 0 Å². The van der Waals surface area contributed by atoms with Crippen molar-refractivity contribution < 1.29 is 18.3 Å². The number of halogens is 3. The summed E-state index contributed by atoms with van der Waals surface area (Å²) in [5.74, 6) is -0.234. The number of ether oxygens (including phenoxy) is 1. The molecule has 2 rings (SSSR count). The van der Waals surface area contributed by atoms with Crippen molar-refractivity contribution in [2.24, 2.45) is 0 Å². The number of carbonyl (C=O) groups is 1. The molecule has 0 saturated heterocycles. The molecule has 0 unspecified atom stereocenters. The minimum Gasteiger partial charge on any atom is -0.435 e. The molecule has 8 heteroatoms. The van der Waals surface area contributed by atoms with Crippen LogP contribution >= 0.6 is 15.9 Å². The summed E-state index contributed by atoms with van der Waals surface area (Å²) in [5.41, 5.74) is 1.31. The molecule has 1 aromatic heterocycles. The number of alkyl halides is 2. The van der Waals surface area contributed by atoms with Crippen LogP contribution in [0.15, 0.2) is 34.9 Å². The number of hydrogen-bond donors (Lipinski definition) is 1. The van der Waals surface area contributed by atoms with Gasteiger partial charge in [0.25, 0.3) is 5.91 Å². The molecule has 0 fully saturated rings. The van der Waals surface area contributed by atoms with E-state index in [0.29, 0.717) is 18.7 Å². The molecule has 124 valence electrons. The fourth-order valence-electron chi connectivity index (χ4n) is 1.94. The lowest BCUT2D eigenvalue weighted by atomic mass is 10.2. The molecule has 0 aliphatic rings. The summed E-state index contributed by atoms with van der Waals surface area (Å²) in [6, 6.07) is 5.57. The number of nitrogens with zero attached hydrogens (tertiary/aromatic N) is 2.